The Bertz CT molecular complexity index is 185. The molecular formula is C15H33NO2. The van der Waals surface area contributed by atoms with Crippen LogP contribution >= 0.6 is 0 Å². The quantitative estimate of drug-likeness (QED) is 0.472. The van der Waals surface area contributed by atoms with Gasteiger partial charge in [0.15, 0.2) is 0 Å². The van der Waals surface area contributed by atoms with Gasteiger partial charge in [0.1, 0.15) is 0 Å². The van der Waals surface area contributed by atoms with Gasteiger partial charge in [0.05, 0.1) is 27.7 Å². The Kier molecular flexibility index (Phi) is 14.1. The lowest BCUT2D eigenvalue weighted by atomic mass is 10.1. The third-order valence-electron chi connectivity index (χ3n) is 2.93. The van der Waals surface area contributed by atoms with Gasteiger partial charge in [-0.15, -0.1) is 0 Å². The molecule has 0 aromatic heterocycles. The normalized spacial score (nSPS) is 10.7. The third kappa shape index (κ3) is 24.6. The van der Waals surface area contributed by atoms with Gasteiger partial charge in [-0.25, -0.2) is 0 Å². The average molecular weight is 259 g/mol. The molecular weight excluding hydrogens is 226 g/mol. The van der Waals surface area contributed by atoms with E-state index in [9.17, 15) is 9.90 Å². The van der Waals surface area contributed by atoms with Crippen LogP contribution in [0.15, 0.2) is 0 Å². The fraction of sp³-hybridized carbons (Fsp3) is 0.933. The van der Waals surface area contributed by atoms with E-state index in [2.05, 4.69) is 35.0 Å². The highest BCUT2D eigenvalue weighted by Crippen LogP contribution is 2.07. The monoisotopic (exact) mass is 259 g/mol. The molecule has 0 spiro atoms. The van der Waals surface area contributed by atoms with Gasteiger partial charge in [-0.3, -0.25) is 0 Å². The second-order valence-corrected chi connectivity index (χ2v) is 5.85. The fourth-order valence-corrected chi connectivity index (χ4v) is 1.23. The minimum absolute atomic E-state index is 0.230. The van der Waals surface area contributed by atoms with Crippen molar-refractivity contribution in [2.24, 2.45) is 0 Å². The van der Waals surface area contributed by atoms with E-state index >= 15 is 0 Å². The van der Waals surface area contributed by atoms with Gasteiger partial charge in [-0.2, -0.15) is 0 Å². The number of hydrogen-bond acceptors (Lipinski definition) is 2. The van der Waals surface area contributed by atoms with Crippen molar-refractivity contribution in [1.29, 1.82) is 0 Å². The highest BCUT2D eigenvalue weighted by Gasteiger charge is 1.97. The summed E-state index contributed by atoms with van der Waals surface area (Å²) in [6.45, 7) is 5.58. The highest BCUT2D eigenvalue weighted by molar-refractivity contribution is 5.63. The van der Waals surface area contributed by atoms with Crippen molar-refractivity contribution in [3.05, 3.63) is 0 Å². The summed E-state index contributed by atoms with van der Waals surface area (Å²) in [5.74, 6) is -0.913. The average Bonchev–Trinajstić information content (AvgIpc) is 2.27. The molecule has 0 unspecified atom stereocenters. The minimum atomic E-state index is -0.913. The fourth-order valence-electron chi connectivity index (χ4n) is 1.23. The zero-order valence-corrected chi connectivity index (χ0v) is 13.1. The molecule has 0 aromatic rings. The molecule has 0 amide bonds. The number of aliphatic carboxylic acids is 1. The molecule has 0 radical (unpaired) electrons. The van der Waals surface area contributed by atoms with Crippen LogP contribution in [-0.4, -0.2) is 38.1 Å². The Morgan fingerprint density at radius 3 is 1.61 bits per heavy atom. The smallest absolute Gasteiger partial charge is 0.0751 e. The summed E-state index contributed by atoms with van der Waals surface area (Å²) in [7, 11) is 6.54. The van der Waals surface area contributed by atoms with Crippen molar-refractivity contribution < 1.29 is 14.4 Å². The number of nitrogens with zero attached hydrogens (tertiary/aromatic N) is 1. The van der Waals surface area contributed by atoms with Gasteiger partial charge in [0.25, 0.3) is 0 Å². The molecule has 0 fully saturated rings. The van der Waals surface area contributed by atoms with Crippen molar-refractivity contribution in [2.45, 2.75) is 65.2 Å². The van der Waals surface area contributed by atoms with Gasteiger partial charge in [-0.1, -0.05) is 45.4 Å². The second-order valence-electron chi connectivity index (χ2n) is 5.85. The molecule has 0 aliphatic heterocycles. The number of unbranched alkanes of at least 4 members (excludes halogenated alkanes) is 6. The highest BCUT2D eigenvalue weighted by atomic mass is 16.4. The number of carbonyl (C=O) groups excluding carboxylic acids is 1. The summed E-state index contributed by atoms with van der Waals surface area (Å²) in [5.41, 5.74) is 0. The van der Waals surface area contributed by atoms with Crippen molar-refractivity contribution in [3.63, 3.8) is 0 Å². The first-order valence-corrected chi connectivity index (χ1v) is 7.33. The Balaban J connectivity index is 0. The third-order valence-corrected chi connectivity index (χ3v) is 2.93. The van der Waals surface area contributed by atoms with E-state index in [4.69, 9.17) is 0 Å². The SMILES string of the molecule is CCCCCCCCCC(=O)[O-].CC[N+](C)(C)C. The first-order chi connectivity index (χ1) is 8.33. The van der Waals surface area contributed by atoms with E-state index in [1.165, 1.54) is 38.6 Å². The van der Waals surface area contributed by atoms with Crippen molar-refractivity contribution in [2.75, 3.05) is 27.7 Å². The maximum Gasteiger partial charge on any atom is 0.0751 e. The van der Waals surface area contributed by atoms with Crippen LogP contribution in [0.2, 0.25) is 0 Å². The molecule has 0 saturated carbocycles. The molecule has 0 atom stereocenters. The van der Waals surface area contributed by atoms with Gasteiger partial charge >= 0.3 is 0 Å². The standard InChI is InChI=1S/C10H20O2.C5H14N/c1-2-3-4-5-6-7-8-9-10(11)12;1-5-6(2,3)4/h2-9H2,1H3,(H,11,12);5H2,1-4H3/q;+1/p-1. The number of carbonyl (C=O) groups is 1. The summed E-state index contributed by atoms with van der Waals surface area (Å²) < 4.78 is 1.07. The van der Waals surface area contributed by atoms with E-state index in [-0.39, 0.29) is 6.42 Å². The molecule has 110 valence electrons. The van der Waals surface area contributed by atoms with Crippen LogP contribution < -0.4 is 5.11 Å². The van der Waals surface area contributed by atoms with E-state index in [0.717, 1.165) is 17.3 Å². The predicted molar refractivity (Wildman–Crippen MR) is 76.2 cm³/mol. The minimum Gasteiger partial charge on any atom is -0.550 e. The first-order valence-electron chi connectivity index (χ1n) is 7.33. The molecule has 3 nitrogen and oxygen atoms in total. The van der Waals surface area contributed by atoms with Gasteiger partial charge in [0, 0.05) is 5.97 Å². The van der Waals surface area contributed by atoms with Crippen molar-refractivity contribution in [3.8, 4) is 0 Å². The summed E-state index contributed by atoms with van der Waals surface area (Å²) in [5, 5.41) is 10.0. The van der Waals surface area contributed by atoms with E-state index < -0.39 is 5.97 Å². The molecule has 18 heavy (non-hydrogen) atoms. The van der Waals surface area contributed by atoms with Crippen molar-refractivity contribution in [1.82, 2.24) is 0 Å². The van der Waals surface area contributed by atoms with Crippen LogP contribution in [0.5, 0.6) is 0 Å². The number of hydrogen-bond donors (Lipinski definition) is 0. The molecule has 0 rings (SSSR count). The van der Waals surface area contributed by atoms with Crippen LogP contribution in [-0.2, 0) is 4.79 Å². The van der Waals surface area contributed by atoms with Crippen LogP contribution in [0.4, 0.5) is 0 Å². The maximum atomic E-state index is 10.0. The van der Waals surface area contributed by atoms with Crippen molar-refractivity contribution >= 4 is 5.97 Å². The van der Waals surface area contributed by atoms with Crippen LogP contribution in [0.3, 0.4) is 0 Å². The molecule has 0 saturated heterocycles. The Morgan fingerprint density at radius 1 is 0.889 bits per heavy atom. The number of carboxylic acid groups (broad SMARTS) is 1. The van der Waals surface area contributed by atoms with Crippen LogP contribution in [0.25, 0.3) is 0 Å². The lowest BCUT2D eigenvalue weighted by molar-refractivity contribution is -0.868. The maximum absolute atomic E-state index is 10.0. The Morgan fingerprint density at radius 2 is 1.28 bits per heavy atom. The lowest BCUT2D eigenvalue weighted by Crippen LogP contribution is -2.33. The zero-order valence-electron chi connectivity index (χ0n) is 13.1. The van der Waals surface area contributed by atoms with Gasteiger partial charge < -0.3 is 14.4 Å². The Hall–Kier alpha value is -0.570. The van der Waals surface area contributed by atoms with Crippen LogP contribution in [0.1, 0.15) is 65.2 Å². The molecule has 0 bridgehead atoms. The Labute approximate surface area is 114 Å². The molecule has 0 aliphatic rings. The largest absolute Gasteiger partial charge is 0.550 e. The first kappa shape index (κ1) is 19.8. The molecule has 3 heteroatoms. The molecule has 0 N–H and O–H groups in total. The number of quaternary nitrogens is 1. The summed E-state index contributed by atoms with van der Waals surface area (Å²) in [4.78, 5) is 10.0. The summed E-state index contributed by atoms with van der Waals surface area (Å²) in [6, 6.07) is 0. The summed E-state index contributed by atoms with van der Waals surface area (Å²) in [6.07, 6.45) is 8.34. The molecule has 0 aliphatic carbocycles. The van der Waals surface area contributed by atoms with Gasteiger partial charge in [-0.05, 0) is 19.8 Å². The summed E-state index contributed by atoms with van der Waals surface area (Å²) >= 11 is 0. The van der Waals surface area contributed by atoms with E-state index in [1.807, 2.05) is 0 Å². The number of carboxylic acids is 1. The molecule has 0 aromatic carbocycles. The topological polar surface area (TPSA) is 40.1 Å². The lowest BCUT2D eigenvalue weighted by Gasteiger charge is -2.20. The van der Waals surface area contributed by atoms with Gasteiger partial charge in [0.2, 0.25) is 0 Å². The second kappa shape index (κ2) is 12.9. The number of rotatable bonds is 9. The predicted octanol–water partition coefficient (Wildman–Crippen LogP) is 2.59. The van der Waals surface area contributed by atoms with E-state index in [0.29, 0.717) is 0 Å². The van der Waals surface area contributed by atoms with Crippen LogP contribution in [0, 0.1) is 0 Å². The zero-order chi connectivity index (χ0) is 14.4. The van der Waals surface area contributed by atoms with E-state index in [1.54, 1.807) is 0 Å². The molecule has 0 heterocycles.